The zero-order chi connectivity index (χ0) is 27.0. The smallest absolute Gasteiger partial charge is 0.0948 e. The van der Waals surface area contributed by atoms with Gasteiger partial charge in [-0.15, -0.1) is 0 Å². The molecule has 5 rings (SSSR count). The fourth-order valence-electron chi connectivity index (χ4n) is 6.31. The summed E-state index contributed by atoms with van der Waals surface area (Å²) >= 11 is 0. The van der Waals surface area contributed by atoms with Gasteiger partial charge in [-0.05, 0) is 36.3 Å². The molecule has 3 aromatic rings. The Morgan fingerprint density at radius 1 is 0.436 bits per heavy atom. The molecule has 0 radical (unpaired) electrons. The highest BCUT2D eigenvalue weighted by molar-refractivity contribution is 5.18. The molecule has 0 atom stereocenters. The zero-order valence-corrected chi connectivity index (χ0v) is 24.1. The van der Waals surface area contributed by atoms with Crippen molar-refractivity contribution in [3.63, 3.8) is 0 Å². The maximum atomic E-state index is 2.74. The summed E-state index contributed by atoms with van der Waals surface area (Å²) < 4.78 is 0. The monoisotopic (exact) mass is 526 g/mol. The lowest BCUT2D eigenvalue weighted by atomic mass is 10.1. The van der Waals surface area contributed by atoms with Crippen LogP contribution in [0, 0.1) is 0 Å². The molecule has 0 spiro atoms. The van der Waals surface area contributed by atoms with Gasteiger partial charge in [-0.1, -0.05) is 112 Å². The molecule has 3 aromatic carbocycles. The summed E-state index contributed by atoms with van der Waals surface area (Å²) in [6.45, 7) is 16.9. The van der Waals surface area contributed by atoms with Crippen LogP contribution in [0.5, 0.6) is 0 Å². The molecule has 0 aromatic heterocycles. The molecule has 0 bridgehead atoms. The van der Waals surface area contributed by atoms with Crippen molar-refractivity contribution in [2.75, 3.05) is 46.3 Å². The normalized spacial score (nSPS) is 20.1. The molecule has 0 unspecified atom stereocenters. The highest BCUT2D eigenvalue weighted by atomic mass is 15.6. The van der Waals surface area contributed by atoms with E-state index < -0.39 is 0 Å². The van der Waals surface area contributed by atoms with Crippen LogP contribution in [0.1, 0.15) is 37.5 Å². The molecule has 208 valence electrons. The molecule has 2 saturated heterocycles. The largest absolute Gasteiger partial charge is 0.278 e. The molecule has 2 heterocycles. The number of benzene rings is 3. The van der Waals surface area contributed by atoms with Crippen molar-refractivity contribution >= 4 is 0 Å². The van der Waals surface area contributed by atoms with Gasteiger partial charge in [0.05, 0.1) is 39.0 Å². The fourth-order valence-corrected chi connectivity index (χ4v) is 6.31. The first-order chi connectivity index (χ1) is 19.2. The predicted octanol–water partition coefficient (Wildman–Crippen LogP) is 4.97. The second-order valence-electron chi connectivity index (χ2n) is 11.0. The van der Waals surface area contributed by atoms with Crippen molar-refractivity contribution in [3.05, 3.63) is 108 Å². The second kappa shape index (κ2) is 13.7. The van der Waals surface area contributed by atoms with E-state index in [1.807, 2.05) is 0 Å². The summed E-state index contributed by atoms with van der Waals surface area (Å²) in [7, 11) is 0. The van der Waals surface area contributed by atoms with Crippen LogP contribution in [0.3, 0.4) is 0 Å². The Kier molecular flexibility index (Phi) is 9.80. The molecule has 39 heavy (non-hydrogen) atoms. The molecule has 0 aliphatic carbocycles. The van der Waals surface area contributed by atoms with Gasteiger partial charge in [0.15, 0.2) is 0 Å². The van der Waals surface area contributed by atoms with Crippen LogP contribution in [0.4, 0.5) is 0 Å². The molecular formula is C33H46N6. The van der Waals surface area contributed by atoms with E-state index in [2.05, 4.69) is 141 Å². The summed E-state index contributed by atoms with van der Waals surface area (Å²) in [6.07, 6.45) is 0.602. The molecule has 2 aliphatic rings. The zero-order valence-electron chi connectivity index (χ0n) is 24.1. The predicted molar refractivity (Wildman–Crippen MR) is 160 cm³/mol. The van der Waals surface area contributed by atoms with Gasteiger partial charge in [0.2, 0.25) is 0 Å². The Bertz CT molecular complexity index is 1050. The molecule has 0 N–H and O–H groups in total. The van der Waals surface area contributed by atoms with E-state index in [1.54, 1.807) is 0 Å². The first kappa shape index (κ1) is 28.0. The van der Waals surface area contributed by atoms with E-state index in [9.17, 15) is 0 Å². The molecule has 0 saturated carbocycles. The Balaban J connectivity index is 1.52. The highest BCUT2D eigenvalue weighted by Gasteiger charge is 2.45. The van der Waals surface area contributed by atoms with Gasteiger partial charge >= 0.3 is 0 Å². The first-order valence-electron chi connectivity index (χ1n) is 14.7. The van der Waals surface area contributed by atoms with Crippen LogP contribution in [-0.4, -0.2) is 88.0 Å². The van der Waals surface area contributed by atoms with Crippen LogP contribution < -0.4 is 0 Å². The van der Waals surface area contributed by atoms with Gasteiger partial charge in [-0.2, -0.15) is 0 Å². The lowest BCUT2D eigenvalue weighted by Crippen LogP contribution is -2.73. The Labute approximate surface area is 236 Å². The molecule has 2 fully saturated rings. The summed E-state index contributed by atoms with van der Waals surface area (Å²) in [5.41, 5.74) is 4.12. The summed E-state index contributed by atoms with van der Waals surface area (Å²) in [4.78, 5) is 16.1. The lowest BCUT2D eigenvalue weighted by molar-refractivity contribution is -0.189. The maximum Gasteiger partial charge on any atom is 0.0948 e. The SMILES string of the molecule is CCN1CN(CC)C(C2N(Cc3ccccc3)CN(Cc3ccccc3)CN2Cc2ccccc2)N(CC)C1. The quantitative estimate of drug-likeness (QED) is 0.369. The van der Waals surface area contributed by atoms with Crippen LogP contribution in [-0.2, 0) is 19.6 Å². The number of rotatable bonds is 10. The first-order valence-corrected chi connectivity index (χ1v) is 14.7. The van der Waals surface area contributed by atoms with E-state index in [0.29, 0.717) is 6.17 Å². The summed E-state index contributed by atoms with van der Waals surface area (Å²) in [5.74, 6) is 0. The van der Waals surface area contributed by atoms with Gasteiger partial charge < -0.3 is 0 Å². The number of hydrogen-bond donors (Lipinski definition) is 0. The molecule has 6 heteroatoms. The van der Waals surface area contributed by atoms with Gasteiger partial charge in [-0.25, -0.2) is 0 Å². The van der Waals surface area contributed by atoms with Crippen molar-refractivity contribution in [1.29, 1.82) is 0 Å². The maximum absolute atomic E-state index is 2.74. The molecule has 2 aliphatic heterocycles. The molecule has 6 nitrogen and oxygen atoms in total. The standard InChI is InChI=1S/C33H46N6/c1-4-34-25-36(5-2)32(37(6-3)26-34)33-38(23-30-18-12-8-13-19-30)27-35(22-29-16-10-7-11-17-29)28-39(33)24-31-20-14-9-15-21-31/h7-21,32-33H,4-6,22-28H2,1-3H3. The Hall–Kier alpha value is -2.58. The van der Waals surface area contributed by atoms with Crippen LogP contribution in [0.15, 0.2) is 91.0 Å². The van der Waals surface area contributed by atoms with Crippen molar-refractivity contribution in [2.45, 2.75) is 52.7 Å². The molecule has 0 amide bonds. The third-order valence-electron chi connectivity index (χ3n) is 8.26. The minimum Gasteiger partial charge on any atom is -0.278 e. The number of likely N-dealkylation sites (N-methyl/N-ethyl adjacent to an activating group) is 2. The fraction of sp³-hybridized carbons (Fsp3) is 0.455. The summed E-state index contributed by atoms with van der Waals surface area (Å²) in [6, 6.07) is 33.0. The topological polar surface area (TPSA) is 19.4 Å². The van der Waals surface area contributed by atoms with Crippen molar-refractivity contribution < 1.29 is 0 Å². The third kappa shape index (κ3) is 6.95. The van der Waals surface area contributed by atoms with Crippen LogP contribution in [0.2, 0.25) is 0 Å². The van der Waals surface area contributed by atoms with Crippen molar-refractivity contribution in [3.8, 4) is 0 Å². The van der Waals surface area contributed by atoms with Crippen molar-refractivity contribution in [1.82, 2.24) is 29.4 Å². The van der Waals surface area contributed by atoms with Gasteiger partial charge in [-0.3, -0.25) is 29.4 Å². The van der Waals surface area contributed by atoms with E-state index in [1.165, 1.54) is 16.7 Å². The summed E-state index contributed by atoms with van der Waals surface area (Å²) in [5, 5.41) is 0. The minimum atomic E-state index is 0.274. The lowest BCUT2D eigenvalue weighted by Gasteiger charge is -2.58. The van der Waals surface area contributed by atoms with E-state index >= 15 is 0 Å². The molecular weight excluding hydrogens is 480 g/mol. The van der Waals surface area contributed by atoms with E-state index in [4.69, 9.17) is 0 Å². The third-order valence-corrected chi connectivity index (χ3v) is 8.26. The number of hydrogen-bond acceptors (Lipinski definition) is 6. The van der Waals surface area contributed by atoms with Crippen LogP contribution in [0.25, 0.3) is 0 Å². The number of nitrogens with zero attached hydrogens (tertiary/aromatic N) is 6. The average Bonchev–Trinajstić information content (AvgIpc) is 2.98. The second-order valence-corrected chi connectivity index (χ2v) is 11.0. The van der Waals surface area contributed by atoms with Gasteiger partial charge in [0.1, 0.15) is 0 Å². The van der Waals surface area contributed by atoms with Crippen LogP contribution >= 0.6 is 0 Å². The minimum absolute atomic E-state index is 0.274. The Morgan fingerprint density at radius 2 is 0.795 bits per heavy atom. The van der Waals surface area contributed by atoms with Gasteiger partial charge in [0, 0.05) is 19.6 Å². The van der Waals surface area contributed by atoms with Gasteiger partial charge in [0.25, 0.3) is 0 Å². The van der Waals surface area contributed by atoms with E-state index in [-0.39, 0.29) is 6.17 Å². The average molecular weight is 527 g/mol. The Morgan fingerprint density at radius 3 is 1.18 bits per heavy atom. The van der Waals surface area contributed by atoms with E-state index in [0.717, 1.165) is 65.9 Å². The van der Waals surface area contributed by atoms with Crippen molar-refractivity contribution in [2.24, 2.45) is 0 Å². The highest BCUT2D eigenvalue weighted by Crippen LogP contribution is 2.30.